The zero-order valence-electron chi connectivity index (χ0n) is 8.77. The quantitative estimate of drug-likeness (QED) is 0.599. The predicted octanol–water partition coefficient (Wildman–Crippen LogP) is -0.896. The molecule has 0 aliphatic heterocycles. The van der Waals surface area contributed by atoms with Gasteiger partial charge in [0.05, 0.1) is 18.6 Å². The van der Waals surface area contributed by atoms with Crippen molar-refractivity contribution in [2.24, 2.45) is 5.73 Å². The molecule has 0 radical (unpaired) electrons. The van der Waals surface area contributed by atoms with Crippen LogP contribution in [-0.2, 0) is 22.6 Å². The van der Waals surface area contributed by atoms with Gasteiger partial charge in [-0.2, -0.15) is 0 Å². The monoisotopic (exact) mass is 212 g/mol. The molecule has 6 nitrogen and oxygen atoms in total. The maximum Gasteiger partial charge on any atom is 0.240 e. The van der Waals surface area contributed by atoms with Crippen LogP contribution < -0.4 is 11.1 Å². The zero-order chi connectivity index (χ0) is 11.1. The number of amides is 1. The minimum Gasteiger partial charge on any atom is -0.383 e. The number of carbonyl (C=O) groups excluding carboxylic acids is 1. The Kier molecular flexibility index (Phi) is 4.79. The van der Waals surface area contributed by atoms with Crippen LogP contribution in [0.25, 0.3) is 0 Å². The Morgan fingerprint density at radius 1 is 1.73 bits per heavy atom. The Morgan fingerprint density at radius 2 is 2.53 bits per heavy atom. The molecule has 15 heavy (non-hydrogen) atoms. The van der Waals surface area contributed by atoms with Gasteiger partial charge in [0.2, 0.25) is 5.91 Å². The summed E-state index contributed by atoms with van der Waals surface area (Å²) in [6, 6.07) is 0. The van der Waals surface area contributed by atoms with Crippen molar-refractivity contribution < 1.29 is 9.53 Å². The molecule has 1 aromatic heterocycles. The van der Waals surface area contributed by atoms with E-state index in [1.165, 1.54) is 0 Å². The third-order valence-corrected chi connectivity index (χ3v) is 1.85. The van der Waals surface area contributed by atoms with Crippen molar-refractivity contribution in [3.63, 3.8) is 0 Å². The maximum absolute atomic E-state index is 11.3. The van der Waals surface area contributed by atoms with Crippen LogP contribution in [0.15, 0.2) is 12.5 Å². The molecule has 0 aromatic carbocycles. The molecule has 0 atom stereocenters. The Bertz CT molecular complexity index is 311. The van der Waals surface area contributed by atoms with E-state index in [0.717, 1.165) is 5.69 Å². The normalized spacial score (nSPS) is 10.3. The van der Waals surface area contributed by atoms with Gasteiger partial charge in [-0.05, 0) is 0 Å². The second-order valence-electron chi connectivity index (χ2n) is 3.08. The second-order valence-corrected chi connectivity index (χ2v) is 3.08. The Balaban J connectivity index is 2.31. The van der Waals surface area contributed by atoms with Crippen LogP contribution >= 0.6 is 0 Å². The van der Waals surface area contributed by atoms with Crippen molar-refractivity contribution in [1.29, 1.82) is 0 Å². The van der Waals surface area contributed by atoms with Crippen LogP contribution in [-0.4, -0.2) is 35.7 Å². The molecule has 0 fully saturated rings. The first kappa shape index (κ1) is 11.7. The van der Waals surface area contributed by atoms with Gasteiger partial charge >= 0.3 is 0 Å². The molecule has 84 valence electrons. The van der Waals surface area contributed by atoms with E-state index in [2.05, 4.69) is 10.3 Å². The molecule has 0 aliphatic rings. The lowest BCUT2D eigenvalue weighted by molar-refractivity contribution is -0.121. The van der Waals surface area contributed by atoms with E-state index >= 15 is 0 Å². The lowest BCUT2D eigenvalue weighted by atomic mass is 10.5. The van der Waals surface area contributed by atoms with Gasteiger partial charge in [-0.3, -0.25) is 4.79 Å². The number of methoxy groups -OCH3 is 1. The topological polar surface area (TPSA) is 82.2 Å². The average molecular weight is 212 g/mol. The van der Waals surface area contributed by atoms with Gasteiger partial charge in [-0.15, -0.1) is 0 Å². The lowest BCUT2D eigenvalue weighted by Gasteiger charge is -2.04. The van der Waals surface area contributed by atoms with Gasteiger partial charge in [0, 0.05) is 26.4 Å². The second kappa shape index (κ2) is 6.15. The summed E-state index contributed by atoms with van der Waals surface area (Å²) in [6.45, 7) is 1.69. The Morgan fingerprint density at radius 3 is 3.13 bits per heavy atom. The molecule has 0 unspecified atom stereocenters. The van der Waals surface area contributed by atoms with E-state index in [1.54, 1.807) is 24.2 Å². The lowest BCUT2D eigenvalue weighted by Crippen LogP contribution is -2.30. The first-order valence-corrected chi connectivity index (χ1v) is 4.72. The molecule has 1 heterocycles. The number of aromatic nitrogens is 2. The van der Waals surface area contributed by atoms with Gasteiger partial charge in [0.15, 0.2) is 0 Å². The maximum atomic E-state index is 11.3. The SMILES string of the molecule is COCCNC(=O)Cn1cnc(CN)c1. The highest BCUT2D eigenvalue weighted by molar-refractivity contribution is 5.75. The zero-order valence-corrected chi connectivity index (χ0v) is 8.77. The molecular weight excluding hydrogens is 196 g/mol. The van der Waals surface area contributed by atoms with Gasteiger partial charge in [0.25, 0.3) is 0 Å². The van der Waals surface area contributed by atoms with E-state index in [9.17, 15) is 4.79 Å². The highest BCUT2D eigenvalue weighted by atomic mass is 16.5. The standard InChI is InChI=1S/C9H16N4O2/c1-15-3-2-11-9(14)6-13-5-8(4-10)12-7-13/h5,7H,2-4,6,10H2,1H3,(H,11,14). The fourth-order valence-electron chi connectivity index (χ4n) is 1.11. The Labute approximate surface area is 88.4 Å². The largest absolute Gasteiger partial charge is 0.383 e. The molecule has 0 saturated heterocycles. The molecular formula is C9H16N4O2. The summed E-state index contributed by atoms with van der Waals surface area (Å²) in [4.78, 5) is 15.4. The van der Waals surface area contributed by atoms with Crippen LogP contribution in [0.3, 0.4) is 0 Å². The molecule has 0 saturated carbocycles. The molecule has 1 aromatic rings. The van der Waals surface area contributed by atoms with Gasteiger partial charge in [-0.1, -0.05) is 0 Å². The van der Waals surface area contributed by atoms with E-state index < -0.39 is 0 Å². The summed E-state index contributed by atoms with van der Waals surface area (Å²) < 4.78 is 6.51. The summed E-state index contributed by atoms with van der Waals surface area (Å²) in [5, 5.41) is 2.72. The van der Waals surface area contributed by atoms with Crippen LogP contribution in [0.4, 0.5) is 0 Å². The number of ether oxygens (including phenoxy) is 1. The number of hydrogen-bond donors (Lipinski definition) is 2. The molecule has 0 spiro atoms. The fraction of sp³-hybridized carbons (Fsp3) is 0.556. The van der Waals surface area contributed by atoms with Crippen molar-refractivity contribution in [1.82, 2.24) is 14.9 Å². The first-order valence-electron chi connectivity index (χ1n) is 4.72. The van der Waals surface area contributed by atoms with Crippen molar-refractivity contribution in [2.75, 3.05) is 20.3 Å². The van der Waals surface area contributed by atoms with Gasteiger partial charge < -0.3 is 20.4 Å². The average Bonchev–Trinajstić information content (AvgIpc) is 2.66. The number of nitrogens with one attached hydrogen (secondary N) is 1. The molecule has 3 N–H and O–H groups in total. The number of hydrogen-bond acceptors (Lipinski definition) is 4. The minimum absolute atomic E-state index is 0.0620. The number of imidazole rings is 1. The summed E-state index contributed by atoms with van der Waals surface area (Å²) >= 11 is 0. The van der Waals surface area contributed by atoms with Crippen molar-refractivity contribution in [3.8, 4) is 0 Å². The number of rotatable bonds is 6. The minimum atomic E-state index is -0.0620. The van der Waals surface area contributed by atoms with Crippen LogP contribution in [0.1, 0.15) is 5.69 Å². The number of carbonyl (C=O) groups is 1. The third kappa shape index (κ3) is 4.09. The van der Waals surface area contributed by atoms with Gasteiger partial charge in [-0.25, -0.2) is 4.98 Å². The smallest absolute Gasteiger partial charge is 0.240 e. The summed E-state index contributed by atoms with van der Waals surface area (Å²) in [7, 11) is 1.59. The summed E-state index contributed by atoms with van der Waals surface area (Å²) in [5.74, 6) is -0.0620. The van der Waals surface area contributed by atoms with Crippen LogP contribution in [0, 0.1) is 0 Å². The fourth-order valence-corrected chi connectivity index (χ4v) is 1.11. The van der Waals surface area contributed by atoms with Crippen LogP contribution in [0.2, 0.25) is 0 Å². The molecule has 1 amide bonds. The highest BCUT2D eigenvalue weighted by Gasteiger charge is 2.02. The van der Waals surface area contributed by atoms with E-state index in [0.29, 0.717) is 19.7 Å². The molecule has 0 bridgehead atoms. The van der Waals surface area contributed by atoms with Crippen LogP contribution in [0.5, 0.6) is 0 Å². The van der Waals surface area contributed by atoms with Crippen molar-refractivity contribution >= 4 is 5.91 Å². The number of nitrogens with two attached hydrogens (primary N) is 1. The van der Waals surface area contributed by atoms with E-state index in [1.807, 2.05) is 0 Å². The molecule has 6 heteroatoms. The summed E-state index contributed by atoms with van der Waals surface area (Å²) in [5.41, 5.74) is 6.18. The number of nitrogens with zero attached hydrogens (tertiary/aromatic N) is 2. The first-order chi connectivity index (χ1) is 7.26. The van der Waals surface area contributed by atoms with Crippen molar-refractivity contribution in [2.45, 2.75) is 13.1 Å². The highest BCUT2D eigenvalue weighted by Crippen LogP contribution is 1.93. The predicted molar refractivity (Wildman–Crippen MR) is 55.0 cm³/mol. The summed E-state index contributed by atoms with van der Waals surface area (Å²) in [6.07, 6.45) is 3.36. The Hall–Kier alpha value is -1.40. The van der Waals surface area contributed by atoms with E-state index in [4.69, 9.17) is 10.5 Å². The van der Waals surface area contributed by atoms with E-state index in [-0.39, 0.29) is 12.5 Å². The molecule has 0 aliphatic carbocycles. The van der Waals surface area contributed by atoms with Gasteiger partial charge in [0.1, 0.15) is 6.54 Å². The third-order valence-electron chi connectivity index (χ3n) is 1.85. The van der Waals surface area contributed by atoms with Crippen molar-refractivity contribution in [3.05, 3.63) is 18.2 Å². The molecule has 1 rings (SSSR count).